The third-order valence-corrected chi connectivity index (χ3v) is 3.05. The number of carbonyl (C=O) groups excluding carboxylic acids is 1. The number of nitrogens with zero attached hydrogens (tertiary/aromatic N) is 1. The number of hydrogen-bond donors (Lipinski definition) is 4. The number of amides is 1. The molecule has 9 heteroatoms. The number of carbonyl (C=O) groups is 1. The molecule has 0 radical (unpaired) electrons. The van der Waals surface area contributed by atoms with E-state index in [2.05, 4.69) is 15.8 Å². The first-order chi connectivity index (χ1) is 11.8. The monoisotopic (exact) mass is 353 g/mol. The van der Waals surface area contributed by atoms with Crippen LogP contribution in [-0.4, -0.2) is 28.9 Å². The molecule has 0 heterocycles. The van der Waals surface area contributed by atoms with Crippen LogP contribution in [0, 0.1) is 0 Å². The van der Waals surface area contributed by atoms with Crippen LogP contribution in [0.2, 0.25) is 0 Å². The maximum absolute atomic E-state index is 12.6. The van der Waals surface area contributed by atoms with Crippen molar-refractivity contribution in [3.8, 4) is 11.5 Å². The highest BCUT2D eigenvalue weighted by Gasteiger charge is 2.30. The summed E-state index contributed by atoms with van der Waals surface area (Å²) < 4.78 is 37.8. The van der Waals surface area contributed by atoms with Gasteiger partial charge in [0.1, 0.15) is 0 Å². The van der Waals surface area contributed by atoms with Gasteiger partial charge in [0, 0.05) is 5.69 Å². The lowest BCUT2D eigenvalue weighted by Gasteiger charge is -2.10. The molecule has 0 saturated carbocycles. The molecule has 0 saturated heterocycles. The maximum atomic E-state index is 12.6. The van der Waals surface area contributed by atoms with Crippen LogP contribution in [0.25, 0.3) is 0 Å². The Morgan fingerprint density at radius 1 is 1.12 bits per heavy atom. The van der Waals surface area contributed by atoms with E-state index in [1.165, 1.54) is 36.5 Å². The summed E-state index contributed by atoms with van der Waals surface area (Å²) in [5.74, 6) is -1.19. The number of benzene rings is 2. The van der Waals surface area contributed by atoms with Crippen LogP contribution in [0.4, 0.5) is 18.9 Å². The van der Waals surface area contributed by atoms with Gasteiger partial charge in [-0.25, -0.2) is 5.43 Å². The molecule has 25 heavy (non-hydrogen) atoms. The topological polar surface area (TPSA) is 94.0 Å². The summed E-state index contributed by atoms with van der Waals surface area (Å²) in [4.78, 5) is 11.6. The van der Waals surface area contributed by atoms with Crippen molar-refractivity contribution >= 4 is 17.8 Å². The molecule has 4 N–H and O–H groups in total. The Balaban J connectivity index is 1.86. The zero-order valence-electron chi connectivity index (χ0n) is 12.7. The van der Waals surface area contributed by atoms with Crippen molar-refractivity contribution in [1.29, 1.82) is 0 Å². The van der Waals surface area contributed by atoms with Gasteiger partial charge in [0.15, 0.2) is 11.5 Å². The van der Waals surface area contributed by atoms with Crippen molar-refractivity contribution in [2.24, 2.45) is 5.10 Å². The fourth-order valence-electron chi connectivity index (χ4n) is 1.83. The second kappa shape index (κ2) is 7.56. The molecular formula is C16H14F3N3O3. The Labute approximate surface area is 140 Å². The lowest BCUT2D eigenvalue weighted by Crippen LogP contribution is -2.26. The second-order valence-corrected chi connectivity index (χ2v) is 4.97. The summed E-state index contributed by atoms with van der Waals surface area (Å²) in [6.45, 7) is -0.278. The zero-order valence-corrected chi connectivity index (χ0v) is 12.7. The molecule has 0 unspecified atom stereocenters. The first-order valence-electron chi connectivity index (χ1n) is 7.01. The minimum atomic E-state index is -4.46. The van der Waals surface area contributed by atoms with Crippen LogP contribution in [0.3, 0.4) is 0 Å². The lowest BCUT2D eigenvalue weighted by molar-refractivity contribution is -0.137. The van der Waals surface area contributed by atoms with Crippen molar-refractivity contribution in [3.05, 3.63) is 53.6 Å². The van der Waals surface area contributed by atoms with Crippen LogP contribution in [-0.2, 0) is 11.0 Å². The quantitative estimate of drug-likeness (QED) is 0.378. The Morgan fingerprint density at radius 3 is 2.56 bits per heavy atom. The fourth-order valence-corrected chi connectivity index (χ4v) is 1.83. The normalized spacial score (nSPS) is 11.5. The summed E-state index contributed by atoms with van der Waals surface area (Å²) >= 11 is 0. The number of rotatable bonds is 5. The largest absolute Gasteiger partial charge is 0.504 e. The number of phenolic OH excluding ortho intramolecular Hbond substituents is 2. The minimum absolute atomic E-state index is 0.150. The summed E-state index contributed by atoms with van der Waals surface area (Å²) in [7, 11) is 0. The number of alkyl halides is 3. The van der Waals surface area contributed by atoms with Gasteiger partial charge in [-0.2, -0.15) is 18.3 Å². The molecule has 1 amide bonds. The minimum Gasteiger partial charge on any atom is -0.504 e. The van der Waals surface area contributed by atoms with E-state index < -0.39 is 17.6 Å². The molecule has 0 aliphatic carbocycles. The Morgan fingerprint density at radius 2 is 1.88 bits per heavy atom. The molecule has 2 rings (SSSR count). The van der Waals surface area contributed by atoms with Gasteiger partial charge < -0.3 is 15.5 Å². The van der Waals surface area contributed by atoms with Crippen LogP contribution < -0.4 is 10.7 Å². The molecule has 0 aliphatic rings. The van der Waals surface area contributed by atoms with E-state index in [-0.39, 0.29) is 23.7 Å². The Bertz CT molecular complexity index is 792. The number of phenols is 2. The second-order valence-electron chi connectivity index (χ2n) is 4.97. The summed E-state index contributed by atoms with van der Waals surface area (Å²) in [6.07, 6.45) is -3.22. The highest BCUT2D eigenvalue weighted by molar-refractivity contribution is 5.84. The van der Waals surface area contributed by atoms with Gasteiger partial charge in [0.25, 0.3) is 5.91 Å². The fraction of sp³-hybridized carbons (Fsp3) is 0.125. The Kier molecular flexibility index (Phi) is 5.48. The van der Waals surface area contributed by atoms with Gasteiger partial charge in [-0.15, -0.1) is 0 Å². The Hall–Kier alpha value is -3.23. The van der Waals surface area contributed by atoms with Crippen molar-refractivity contribution in [2.75, 3.05) is 11.9 Å². The number of nitrogens with one attached hydrogen (secondary N) is 2. The molecule has 0 fully saturated rings. The van der Waals surface area contributed by atoms with Crippen LogP contribution >= 0.6 is 0 Å². The van der Waals surface area contributed by atoms with Crippen molar-refractivity contribution < 1.29 is 28.2 Å². The van der Waals surface area contributed by atoms with E-state index in [4.69, 9.17) is 5.11 Å². The van der Waals surface area contributed by atoms with E-state index in [9.17, 15) is 23.1 Å². The third kappa shape index (κ3) is 5.41. The van der Waals surface area contributed by atoms with Crippen LogP contribution in [0.1, 0.15) is 11.1 Å². The van der Waals surface area contributed by atoms with Gasteiger partial charge in [-0.3, -0.25) is 4.79 Å². The van der Waals surface area contributed by atoms with E-state index in [0.29, 0.717) is 5.56 Å². The molecule has 6 nitrogen and oxygen atoms in total. The van der Waals surface area contributed by atoms with Crippen molar-refractivity contribution in [3.63, 3.8) is 0 Å². The van der Waals surface area contributed by atoms with E-state index in [0.717, 1.165) is 12.1 Å². The van der Waals surface area contributed by atoms with Gasteiger partial charge in [0.05, 0.1) is 18.3 Å². The molecule has 2 aromatic rings. The molecule has 2 aromatic carbocycles. The summed E-state index contributed by atoms with van der Waals surface area (Å²) in [6, 6.07) is 8.44. The molecule has 0 spiro atoms. The maximum Gasteiger partial charge on any atom is 0.416 e. The molecular weight excluding hydrogens is 339 g/mol. The van der Waals surface area contributed by atoms with Crippen molar-refractivity contribution in [1.82, 2.24) is 5.43 Å². The molecule has 0 aliphatic heterocycles. The van der Waals surface area contributed by atoms with Gasteiger partial charge in [-0.05, 0) is 42.0 Å². The average Bonchev–Trinajstić information content (AvgIpc) is 2.56. The highest BCUT2D eigenvalue weighted by atomic mass is 19.4. The number of hydrazone groups is 1. The SMILES string of the molecule is O=C(CNc1cccc(C(F)(F)F)c1)NN=Cc1ccc(O)c(O)c1. The molecule has 0 atom stereocenters. The van der Waals surface area contributed by atoms with Crippen LogP contribution in [0.5, 0.6) is 11.5 Å². The first-order valence-corrected chi connectivity index (χ1v) is 7.01. The number of anilines is 1. The summed E-state index contributed by atoms with van der Waals surface area (Å²) in [5.41, 5.74) is 1.95. The van der Waals surface area contributed by atoms with Gasteiger partial charge in [-0.1, -0.05) is 6.07 Å². The van der Waals surface area contributed by atoms with E-state index >= 15 is 0 Å². The molecule has 0 aromatic heterocycles. The lowest BCUT2D eigenvalue weighted by atomic mass is 10.2. The molecule has 132 valence electrons. The summed E-state index contributed by atoms with van der Waals surface area (Å²) in [5, 5.41) is 24.7. The molecule has 0 bridgehead atoms. The predicted octanol–water partition coefficient (Wildman–Crippen LogP) is 2.68. The standard InChI is InChI=1S/C16H14F3N3O3/c17-16(18,19)11-2-1-3-12(7-11)20-9-15(25)22-21-8-10-4-5-13(23)14(24)6-10/h1-8,20,23-24H,9H2,(H,22,25). The van der Waals surface area contributed by atoms with E-state index in [1.807, 2.05) is 0 Å². The van der Waals surface area contributed by atoms with Crippen LogP contribution in [0.15, 0.2) is 47.6 Å². The number of hydrogen-bond acceptors (Lipinski definition) is 5. The smallest absolute Gasteiger partial charge is 0.416 e. The van der Waals surface area contributed by atoms with Gasteiger partial charge in [0.2, 0.25) is 0 Å². The average molecular weight is 353 g/mol. The van der Waals surface area contributed by atoms with Crippen molar-refractivity contribution in [2.45, 2.75) is 6.18 Å². The third-order valence-electron chi connectivity index (χ3n) is 3.05. The number of aromatic hydroxyl groups is 2. The van der Waals surface area contributed by atoms with Gasteiger partial charge >= 0.3 is 6.18 Å². The zero-order chi connectivity index (χ0) is 18.4. The number of halogens is 3. The highest BCUT2D eigenvalue weighted by Crippen LogP contribution is 2.30. The van der Waals surface area contributed by atoms with E-state index in [1.54, 1.807) is 0 Å². The first kappa shape index (κ1) is 18.1. The predicted molar refractivity (Wildman–Crippen MR) is 85.4 cm³/mol.